The van der Waals surface area contributed by atoms with Gasteiger partial charge >= 0.3 is 0 Å². The lowest BCUT2D eigenvalue weighted by Gasteiger charge is -2.38. The smallest absolute Gasteiger partial charge is 0.274 e. The van der Waals surface area contributed by atoms with E-state index in [0.717, 1.165) is 38.0 Å². The van der Waals surface area contributed by atoms with Gasteiger partial charge in [-0.05, 0) is 31.6 Å². The number of ether oxygens (including phenoxy) is 1. The molecule has 2 aromatic rings. The number of piperidine rings is 1. The number of carbonyl (C=O) groups excluding carboxylic acids is 1. The highest BCUT2D eigenvalue weighted by Crippen LogP contribution is 2.39. The number of aromatic nitrogens is 4. The van der Waals surface area contributed by atoms with Gasteiger partial charge in [-0.3, -0.25) is 19.7 Å². The minimum atomic E-state index is -0.0912. The summed E-state index contributed by atoms with van der Waals surface area (Å²) in [5.41, 5.74) is 1.33. The average Bonchev–Trinajstić information content (AvgIpc) is 3.05. The molecule has 1 amide bonds. The maximum Gasteiger partial charge on any atom is 0.274 e. The SMILES string of the molecule is O=C(c1cnccn1)N1CCC2(CC1)CC(Cc1cnccn1)CO2. The lowest BCUT2D eigenvalue weighted by atomic mass is 9.84. The Hall–Kier alpha value is -2.41. The number of hydrogen-bond acceptors (Lipinski definition) is 6. The van der Waals surface area contributed by atoms with Gasteiger partial charge in [-0.2, -0.15) is 0 Å². The second-order valence-corrected chi connectivity index (χ2v) is 6.85. The zero-order valence-electron chi connectivity index (χ0n) is 14.0. The van der Waals surface area contributed by atoms with E-state index < -0.39 is 0 Å². The van der Waals surface area contributed by atoms with Crippen LogP contribution in [-0.4, -0.2) is 56.0 Å². The Bertz CT molecular complexity index is 717. The van der Waals surface area contributed by atoms with Crippen molar-refractivity contribution in [2.24, 2.45) is 5.92 Å². The molecule has 2 saturated heterocycles. The van der Waals surface area contributed by atoms with Gasteiger partial charge in [0.05, 0.1) is 24.1 Å². The molecule has 1 spiro atoms. The van der Waals surface area contributed by atoms with Crippen LogP contribution in [0.4, 0.5) is 0 Å². The van der Waals surface area contributed by atoms with E-state index >= 15 is 0 Å². The van der Waals surface area contributed by atoms with E-state index in [1.165, 1.54) is 6.20 Å². The molecule has 130 valence electrons. The van der Waals surface area contributed by atoms with E-state index in [1.807, 2.05) is 11.1 Å². The van der Waals surface area contributed by atoms with Crippen molar-refractivity contribution in [3.63, 3.8) is 0 Å². The summed E-state index contributed by atoms with van der Waals surface area (Å²) >= 11 is 0. The Kier molecular flexibility index (Phi) is 4.40. The van der Waals surface area contributed by atoms with Gasteiger partial charge in [-0.15, -0.1) is 0 Å². The standard InChI is InChI=1S/C18H21N5O2/c24-17(16-12-20-4-6-22-16)23-7-1-18(2-8-23)10-14(13-25-18)9-15-11-19-3-5-21-15/h3-6,11-12,14H,1-2,7-10,13H2. The predicted molar refractivity (Wildman–Crippen MR) is 89.7 cm³/mol. The van der Waals surface area contributed by atoms with Crippen molar-refractivity contribution in [1.82, 2.24) is 24.8 Å². The van der Waals surface area contributed by atoms with E-state index in [-0.39, 0.29) is 11.5 Å². The lowest BCUT2D eigenvalue weighted by Crippen LogP contribution is -2.46. The topological polar surface area (TPSA) is 81.1 Å². The van der Waals surface area contributed by atoms with Crippen LogP contribution in [0.5, 0.6) is 0 Å². The quantitative estimate of drug-likeness (QED) is 0.843. The summed E-state index contributed by atoms with van der Waals surface area (Å²) < 4.78 is 6.19. The molecular weight excluding hydrogens is 318 g/mol. The first-order chi connectivity index (χ1) is 12.2. The normalized spacial score (nSPS) is 22.2. The molecule has 7 heteroatoms. The Morgan fingerprint density at radius 2 is 1.88 bits per heavy atom. The molecule has 4 rings (SSSR count). The fourth-order valence-electron chi connectivity index (χ4n) is 3.84. The summed E-state index contributed by atoms with van der Waals surface area (Å²) in [4.78, 5) is 30.9. The van der Waals surface area contributed by atoms with Gasteiger partial charge in [0.15, 0.2) is 0 Å². The van der Waals surface area contributed by atoms with E-state index in [9.17, 15) is 4.79 Å². The average molecular weight is 339 g/mol. The summed E-state index contributed by atoms with van der Waals surface area (Å²) in [6.07, 6.45) is 13.6. The zero-order chi connectivity index (χ0) is 17.1. The molecule has 1 atom stereocenters. The van der Waals surface area contributed by atoms with Gasteiger partial charge in [-0.25, -0.2) is 4.98 Å². The zero-order valence-corrected chi connectivity index (χ0v) is 14.0. The highest BCUT2D eigenvalue weighted by atomic mass is 16.5. The summed E-state index contributed by atoms with van der Waals surface area (Å²) in [5.74, 6) is 0.427. The van der Waals surface area contributed by atoms with E-state index in [2.05, 4.69) is 19.9 Å². The van der Waals surface area contributed by atoms with Crippen molar-refractivity contribution in [1.29, 1.82) is 0 Å². The molecular formula is C18H21N5O2. The Morgan fingerprint density at radius 3 is 2.56 bits per heavy atom. The van der Waals surface area contributed by atoms with Crippen molar-refractivity contribution in [3.8, 4) is 0 Å². The Balaban J connectivity index is 1.33. The third-order valence-electron chi connectivity index (χ3n) is 5.14. The first-order valence-corrected chi connectivity index (χ1v) is 8.68. The Labute approximate surface area is 146 Å². The fourth-order valence-corrected chi connectivity index (χ4v) is 3.84. The highest BCUT2D eigenvalue weighted by Gasteiger charge is 2.43. The van der Waals surface area contributed by atoms with Gasteiger partial charge < -0.3 is 9.64 Å². The van der Waals surface area contributed by atoms with Crippen LogP contribution in [0.15, 0.2) is 37.2 Å². The molecule has 1 unspecified atom stereocenters. The Morgan fingerprint density at radius 1 is 1.12 bits per heavy atom. The van der Waals surface area contributed by atoms with Gasteiger partial charge in [0.1, 0.15) is 5.69 Å². The van der Waals surface area contributed by atoms with Crippen LogP contribution in [0.1, 0.15) is 35.4 Å². The van der Waals surface area contributed by atoms with E-state index in [0.29, 0.717) is 24.7 Å². The molecule has 0 radical (unpaired) electrons. The summed E-state index contributed by atoms with van der Waals surface area (Å²) in [6.45, 7) is 2.16. The van der Waals surface area contributed by atoms with Crippen LogP contribution < -0.4 is 0 Å². The fraction of sp³-hybridized carbons (Fsp3) is 0.500. The maximum atomic E-state index is 12.5. The largest absolute Gasteiger partial charge is 0.375 e. The van der Waals surface area contributed by atoms with Gasteiger partial charge in [0.25, 0.3) is 5.91 Å². The van der Waals surface area contributed by atoms with Crippen LogP contribution >= 0.6 is 0 Å². The number of amides is 1. The third kappa shape index (κ3) is 3.51. The van der Waals surface area contributed by atoms with E-state index in [1.54, 1.807) is 24.8 Å². The highest BCUT2D eigenvalue weighted by molar-refractivity contribution is 5.92. The van der Waals surface area contributed by atoms with Crippen LogP contribution in [0.2, 0.25) is 0 Å². The van der Waals surface area contributed by atoms with Crippen molar-refractivity contribution >= 4 is 5.91 Å². The molecule has 2 aliphatic rings. The molecule has 0 aliphatic carbocycles. The maximum absolute atomic E-state index is 12.5. The molecule has 2 aromatic heterocycles. The summed E-state index contributed by atoms with van der Waals surface area (Å²) in [6, 6.07) is 0. The van der Waals surface area contributed by atoms with Crippen molar-refractivity contribution in [3.05, 3.63) is 48.6 Å². The molecule has 0 bridgehead atoms. The van der Waals surface area contributed by atoms with Gasteiger partial charge in [0.2, 0.25) is 0 Å². The lowest BCUT2D eigenvalue weighted by molar-refractivity contribution is -0.0392. The minimum absolute atomic E-state index is 0.0444. The molecule has 0 N–H and O–H groups in total. The van der Waals surface area contributed by atoms with Crippen LogP contribution in [0.3, 0.4) is 0 Å². The number of hydrogen-bond donors (Lipinski definition) is 0. The molecule has 7 nitrogen and oxygen atoms in total. The van der Waals surface area contributed by atoms with Crippen LogP contribution in [0.25, 0.3) is 0 Å². The third-order valence-corrected chi connectivity index (χ3v) is 5.14. The second kappa shape index (κ2) is 6.84. The van der Waals surface area contributed by atoms with E-state index in [4.69, 9.17) is 4.74 Å². The predicted octanol–water partition coefficient (Wildman–Crippen LogP) is 1.52. The van der Waals surface area contributed by atoms with Crippen molar-refractivity contribution in [2.75, 3.05) is 19.7 Å². The molecule has 4 heterocycles. The molecule has 0 aromatic carbocycles. The number of likely N-dealkylation sites (tertiary alicyclic amines) is 1. The summed E-state index contributed by atoms with van der Waals surface area (Å²) in [7, 11) is 0. The monoisotopic (exact) mass is 339 g/mol. The first-order valence-electron chi connectivity index (χ1n) is 8.68. The molecule has 2 aliphatic heterocycles. The number of carbonyl (C=O) groups is 1. The first kappa shape index (κ1) is 16.1. The number of rotatable bonds is 3. The van der Waals surface area contributed by atoms with Gasteiger partial charge in [0, 0.05) is 44.1 Å². The minimum Gasteiger partial charge on any atom is -0.375 e. The van der Waals surface area contributed by atoms with Crippen LogP contribution in [0, 0.1) is 5.92 Å². The molecule has 0 saturated carbocycles. The van der Waals surface area contributed by atoms with Crippen molar-refractivity contribution < 1.29 is 9.53 Å². The second-order valence-electron chi connectivity index (χ2n) is 6.85. The molecule has 2 fully saturated rings. The molecule has 25 heavy (non-hydrogen) atoms. The number of nitrogens with zero attached hydrogens (tertiary/aromatic N) is 5. The summed E-state index contributed by atoms with van der Waals surface area (Å²) in [5, 5.41) is 0. The van der Waals surface area contributed by atoms with Gasteiger partial charge in [-0.1, -0.05) is 0 Å². The van der Waals surface area contributed by atoms with Crippen LogP contribution in [-0.2, 0) is 11.2 Å². The van der Waals surface area contributed by atoms with Crippen molar-refractivity contribution in [2.45, 2.75) is 31.3 Å².